The molecule has 0 saturated heterocycles. The zero-order chi connectivity index (χ0) is 19.5. The maximum Gasteiger partial charge on any atom is 0.182 e. The van der Waals surface area contributed by atoms with E-state index in [1.54, 1.807) is 12.1 Å². The Morgan fingerprint density at radius 3 is 2.31 bits per heavy atom. The van der Waals surface area contributed by atoms with Gasteiger partial charge >= 0.3 is 0 Å². The number of allylic oxidation sites excluding steroid dienone is 5. The summed E-state index contributed by atoms with van der Waals surface area (Å²) in [4.78, 5) is 0.415. The molecular weight excluding hydrogens is 340 g/mol. The molecule has 0 N–H and O–H groups in total. The Labute approximate surface area is 159 Å². The van der Waals surface area contributed by atoms with E-state index in [1.165, 1.54) is 11.1 Å². The first kappa shape index (κ1) is 20.7. The van der Waals surface area contributed by atoms with Crippen molar-refractivity contribution in [1.82, 2.24) is 0 Å². The molecule has 0 bridgehead atoms. The molecule has 0 radical (unpaired) electrons. The normalized spacial score (nSPS) is 20.0. The molecule has 0 aliphatic heterocycles. The molecular formula is C23H32O2S. The summed E-state index contributed by atoms with van der Waals surface area (Å²) in [6.45, 7) is 12.7. The van der Waals surface area contributed by atoms with Gasteiger partial charge in [-0.1, -0.05) is 66.5 Å². The standard InChI is InChI=1S/C23H32O2S/c1-17(2)8-7-9-19(4)22-15-23(5,6)14-20(22)16-26(24,25)21-12-10-18(3)11-13-21/h8-14,22H,7,15-16H2,1-6H3/b19-9-. The highest BCUT2D eigenvalue weighted by molar-refractivity contribution is 7.91. The lowest BCUT2D eigenvalue weighted by Crippen LogP contribution is -2.14. The van der Waals surface area contributed by atoms with Crippen molar-refractivity contribution in [1.29, 1.82) is 0 Å². The third-order valence-corrected chi connectivity index (χ3v) is 6.71. The molecule has 1 unspecified atom stereocenters. The summed E-state index contributed by atoms with van der Waals surface area (Å²) in [5.41, 5.74) is 4.73. The second-order valence-corrected chi connectivity index (χ2v) is 10.5. The van der Waals surface area contributed by atoms with Crippen LogP contribution >= 0.6 is 0 Å². The van der Waals surface area contributed by atoms with E-state index in [0.717, 1.165) is 24.0 Å². The maximum absolute atomic E-state index is 12.9. The van der Waals surface area contributed by atoms with Crippen molar-refractivity contribution in [2.45, 2.75) is 59.3 Å². The fourth-order valence-electron chi connectivity index (χ4n) is 3.59. The van der Waals surface area contributed by atoms with Gasteiger partial charge in [0.25, 0.3) is 0 Å². The average Bonchev–Trinajstić information content (AvgIpc) is 2.81. The van der Waals surface area contributed by atoms with Crippen molar-refractivity contribution in [2.24, 2.45) is 11.3 Å². The van der Waals surface area contributed by atoms with E-state index in [2.05, 4.69) is 52.8 Å². The van der Waals surface area contributed by atoms with Crippen LogP contribution in [-0.4, -0.2) is 14.2 Å². The van der Waals surface area contributed by atoms with E-state index in [-0.39, 0.29) is 17.1 Å². The van der Waals surface area contributed by atoms with Gasteiger partial charge in [0.05, 0.1) is 10.6 Å². The van der Waals surface area contributed by atoms with Crippen LogP contribution in [-0.2, 0) is 9.84 Å². The van der Waals surface area contributed by atoms with Crippen LogP contribution in [0.15, 0.2) is 64.1 Å². The first-order valence-corrected chi connectivity index (χ1v) is 11.0. The van der Waals surface area contributed by atoms with Crippen molar-refractivity contribution in [2.75, 3.05) is 5.75 Å². The van der Waals surface area contributed by atoms with Crippen molar-refractivity contribution >= 4 is 9.84 Å². The lowest BCUT2D eigenvalue weighted by Gasteiger charge is -2.20. The van der Waals surface area contributed by atoms with Gasteiger partial charge in [0.1, 0.15) is 0 Å². The molecule has 1 aliphatic carbocycles. The molecule has 0 spiro atoms. The molecule has 1 aliphatic rings. The first-order valence-electron chi connectivity index (χ1n) is 9.31. The lowest BCUT2D eigenvalue weighted by molar-refractivity contribution is 0.428. The topological polar surface area (TPSA) is 34.1 Å². The maximum atomic E-state index is 12.9. The van der Waals surface area contributed by atoms with Gasteiger partial charge in [-0.3, -0.25) is 0 Å². The number of rotatable bonds is 6. The van der Waals surface area contributed by atoms with Crippen LogP contribution in [0.3, 0.4) is 0 Å². The zero-order valence-corrected chi connectivity index (χ0v) is 17.8. The molecule has 26 heavy (non-hydrogen) atoms. The Bertz CT molecular complexity index is 831. The highest BCUT2D eigenvalue weighted by Crippen LogP contribution is 2.43. The molecule has 0 saturated carbocycles. The highest BCUT2D eigenvalue weighted by atomic mass is 32.2. The fraction of sp³-hybridized carbons (Fsp3) is 0.478. The third-order valence-electron chi connectivity index (χ3n) is 5.01. The average molecular weight is 373 g/mol. The van der Waals surface area contributed by atoms with Gasteiger partial charge < -0.3 is 0 Å². The minimum Gasteiger partial charge on any atom is -0.223 e. The van der Waals surface area contributed by atoms with Crippen LogP contribution in [0.1, 0.15) is 53.0 Å². The lowest BCUT2D eigenvalue weighted by atomic mass is 9.86. The summed E-state index contributed by atoms with van der Waals surface area (Å²) in [7, 11) is -3.32. The number of sulfone groups is 1. The van der Waals surface area contributed by atoms with Crippen LogP contribution in [0, 0.1) is 18.3 Å². The number of hydrogen-bond acceptors (Lipinski definition) is 2. The van der Waals surface area contributed by atoms with Crippen molar-refractivity contribution in [3.63, 3.8) is 0 Å². The summed E-state index contributed by atoms with van der Waals surface area (Å²) in [6, 6.07) is 7.17. The van der Waals surface area contributed by atoms with E-state index in [0.29, 0.717) is 4.90 Å². The van der Waals surface area contributed by atoms with E-state index in [9.17, 15) is 8.42 Å². The van der Waals surface area contributed by atoms with Gasteiger partial charge in [-0.15, -0.1) is 0 Å². The Balaban J connectivity index is 2.26. The van der Waals surface area contributed by atoms with Gasteiger partial charge in [0.2, 0.25) is 0 Å². The molecule has 0 heterocycles. The molecule has 142 valence electrons. The van der Waals surface area contributed by atoms with E-state index < -0.39 is 9.84 Å². The van der Waals surface area contributed by atoms with Crippen LogP contribution in [0.5, 0.6) is 0 Å². The second-order valence-electron chi connectivity index (χ2n) is 8.50. The minimum atomic E-state index is -3.32. The van der Waals surface area contributed by atoms with Gasteiger partial charge in [-0.25, -0.2) is 8.42 Å². The second kappa shape index (κ2) is 7.96. The quantitative estimate of drug-likeness (QED) is 0.570. The molecule has 0 fully saturated rings. The van der Waals surface area contributed by atoms with Crippen LogP contribution in [0.2, 0.25) is 0 Å². The molecule has 1 aromatic carbocycles. The smallest absolute Gasteiger partial charge is 0.182 e. The molecule has 2 rings (SSSR count). The Morgan fingerprint density at radius 2 is 1.73 bits per heavy atom. The molecule has 0 aromatic heterocycles. The summed E-state index contributed by atoms with van der Waals surface area (Å²) < 4.78 is 25.8. The predicted octanol–water partition coefficient (Wildman–Crippen LogP) is 6.04. The first-order chi connectivity index (χ1) is 12.0. The summed E-state index contributed by atoms with van der Waals surface area (Å²) in [5.74, 6) is 0.327. The van der Waals surface area contributed by atoms with Crippen LogP contribution in [0.4, 0.5) is 0 Å². The molecule has 3 heteroatoms. The highest BCUT2D eigenvalue weighted by Gasteiger charge is 2.34. The molecule has 0 amide bonds. The summed E-state index contributed by atoms with van der Waals surface area (Å²) in [5, 5.41) is 0. The zero-order valence-electron chi connectivity index (χ0n) is 17.0. The number of benzene rings is 1. The molecule has 1 atom stereocenters. The summed E-state index contributed by atoms with van der Waals surface area (Å²) >= 11 is 0. The Hall–Kier alpha value is -1.61. The van der Waals surface area contributed by atoms with E-state index in [4.69, 9.17) is 0 Å². The Kier molecular flexibility index (Phi) is 6.33. The third kappa shape index (κ3) is 5.44. The van der Waals surface area contributed by atoms with Gasteiger partial charge in [0, 0.05) is 5.92 Å². The molecule has 1 aromatic rings. The number of hydrogen-bond donors (Lipinski definition) is 0. The van der Waals surface area contributed by atoms with Gasteiger partial charge in [-0.05, 0) is 58.1 Å². The summed E-state index contributed by atoms with van der Waals surface area (Å²) in [6.07, 6.45) is 8.51. The Morgan fingerprint density at radius 1 is 1.12 bits per heavy atom. The van der Waals surface area contributed by atoms with Crippen molar-refractivity contribution < 1.29 is 8.42 Å². The van der Waals surface area contributed by atoms with Crippen LogP contribution < -0.4 is 0 Å². The van der Waals surface area contributed by atoms with Crippen molar-refractivity contribution in [3.8, 4) is 0 Å². The van der Waals surface area contributed by atoms with Crippen LogP contribution in [0.25, 0.3) is 0 Å². The largest absolute Gasteiger partial charge is 0.223 e. The van der Waals surface area contributed by atoms with E-state index >= 15 is 0 Å². The van der Waals surface area contributed by atoms with Gasteiger partial charge in [0.15, 0.2) is 9.84 Å². The minimum absolute atomic E-state index is 0.0361. The number of aryl methyl sites for hydroxylation is 1. The van der Waals surface area contributed by atoms with Gasteiger partial charge in [-0.2, -0.15) is 0 Å². The predicted molar refractivity (Wildman–Crippen MR) is 111 cm³/mol. The fourth-order valence-corrected chi connectivity index (χ4v) is 5.03. The van der Waals surface area contributed by atoms with Crippen molar-refractivity contribution in [3.05, 3.63) is 64.8 Å². The SMILES string of the molecule is CC(C)=CC/C=C(/C)C1CC(C)(C)C=C1CS(=O)(=O)c1ccc(C)cc1. The van der Waals surface area contributed by atoms with E-state index in [1.807, 2.05) is 19.1 Å². The monoisotopic (exact) mass is 372 g/mol. The molecule has 2 nitrogen and oxygen atoms in total.